The van der Waals surface area contributed by atoms with Gasteiger partial charge in [0.15, 0.2) is 0 Å². The first-order valence-corrected chi connectivity index (χ1v) is 4.94. The van der Waals surface area contributed by atoms with Gasteiger partial charge in [0.05, 0.1) is 0 Å². The molecule has 0 fully saturated rings. The van der Waals surface area contributed by atoms with Crippen LogP contribution in [0, 0.1) is 5.92 Å². The third-order valence-electron chi connectivity index (χ3n) is 2.08. The maximum Gasteiger partial charge on any atom is 0.0221 e. The Hall–Kier alpha value is -0.300. The van der Waals surface area contributed by atoms with Gasteiger partial charge in [-0.2, -0.15) is 0 Å². The summed E-state index contributed by atoms with van der Waals surface area (Å²) in [4.78, 5) is 0. The maximum absolute atomic E-state index is 3.75. The Morgan fingerprint density at radius 3 is 2.17 bits per heavy atom. The van der Waals surface area contributed by atoms with Crippen LogP contribution < -0.4 is 5.32 Å². The van der Waals surface area contributed by atoms with E-state index in [0.29, 0.717) is 12.1 Å². The summed E-state index contributed by atoms with van der Waals surface area (Å²) in [5.41, 5.74) is 0. The van der Waals surface area contributed by atoms with Gasteiger partial charge >= 0.3 is 0 Å². The summed E-state index contributed by atoms with van der Waals surface area (Å²) in [5, 5.41) is 3.47. The van der Waals surface area contributed by atoms with Crippen molar-refractivity contribution in [3.05, 3.63) is 12.7 Å². The van der Waals surface area contributed by atoms with Crippen molar-refractivity contribution in [2.75, 3.05) is 0 Å². The lowest BCUT2D eigenvalue weighted by atomic mass is 10.0. The van der Waals surface area contributed by atoms with Gasteiger partial charge < -0.3 is 5.32 Å². The van der Waals surface area contributed by atoms with Crippen LogP contribution in [0.25, 0.3) is 0 Å². The van der Waals surface area contributed by atoms with Crippen molar-refractivity contribution in [1.29, 1.82) is 0 Å². The lowest BCUT2D eigenvalue weighted by Crippen LogP contribution is -2.33. The average molecular weight is 169 g/mol. The highest BCUT2D eigenvalue weighted by Gasteiger charge is 2.04. The molecule has 1 N–H and O–H groups in total. The molecule has 2 unspecified atom stereocenters. The largest absolute Gasteiger partial charge is 0.308 e. The predicted molar refractivity (Wildman–Crippen MR) is 56.3 cm³/mol. The van der Waals surface area contributed by atoms with Crippen LogP contribution in [0.1, 0.15) is 40.5 Å². The molecule has 0 aromatic heterocycles. The summed E-state index contributed by atoms with van der Waals surface area (Å²) in [5.74, 6) is 0.813. The second-order valence-electron chi connectivity index (χ2n) is 4.06. The third kappa shape index (κ3) is 6.41. The molecule has 0 aromatic rings. The van der Waals surface area contributed by atoms with Crippen LogP contribution in [-0.2, 0) is 0 Å². The van der Waals surface area contributed by atoms with Crippen molar-refractivity contribution < 1.29 is 0 Å². The molecule has 0 aliphatic heterocycles. The van der Waals surface area contributed by atoms with E-state index in [9.17, 15) is 0 Å². The van der Waals surface area contributed by atoms with E-state index in [4.69, 9.17) is 0 Å². The minimum Gasteiger partial charge on any atom is -0.308 e. The molecular formula is C11H23N. The SMILES string of the molecule is C=CC(C)NC(C)CCC(C)C. The van der Waals surface area contributed by atoms with Gasteiger partial charge in [0, 0.05) is 12.1 Å². The summed E-state index contributed by atoms with van der Waals surface area (Å²) >= 11 is 0. The van der Waals surface area contributed by atoms with Crippen LogP contribution in [-0.4, -0.2) is 12.1 Å². The fourth-order valence-electron chi connectivity index (χ4n) is 1.18. The molecule has 0 spiro atoms. The zero-order valence-corrected chi connectivity index (χ0v) is 8.93. The van der Waals surface area contributed by atoms with Crippen LogP contribution in [0.4, 0.5) is 0 Å². The van der Waals surface area contributed by atoms with Gasteiger partial charge in [0.25, 0.3) is 0 Å². The molecule has 1 heteroatoms. The van der Waals surface area contributed by atoms with E-state index in [-0.39, 0.29) is 0 Å². The molecule has 1 nitrogen and oxygen atoms in total. The van der Waals surface area contributed by atoms with Gasteiger partial charge in [0.1, 0.15) is 0 Å². The van der Waals surface area contributed by atoms with Gasteiger partial charge in [-0.3, -0.25) is 0 Å². The highest BCUT2D eigenvalue weighted by molar-refractivity contribution is 4.83. The van der Waals surface area contributed by atoms with Crippen LogP contribution in [0.3, 0.4) is 0 Å². The van der Waals surface area contributed by atoms with E-state index in [1.54, 1.807) is 0 Å². The van der Waals surface area contributed by atoms with Crippen molar-refractivity contribution in [3.8, 4) is 0 Å². The van der Waals surface area contributed by atoms with E-state index < -0.39 is 0 Å². The molecular weight excluding hydrogens is 146 g/mol. The molecule has 0 amide bonds. The normalized spacial score (nSPS) is 16.1. The zero-order valence-electron chi connectivity index (χ0n) is 8.93. The first-order valence-electron chi connectivity index (χ1n) is 4.94. The first kappa shape index (κ1) is 11.7. The molecule has 0 bridgehead atoms. The fourth-order valence-corrected chi connectivity index (χ4v) is 1.18. The number of rotatable bonds is 6. The van der Waals surface area contributed by atoms with Crippen molar-refractivity contribution >= 4 is 0 Å². The number of hydrogen-bond donors (Lipinski definition) is 1. The minimum atomic E-state index is 0.437. The molecule has 12 heavy (non-hydrogen) atoms. The molecule has 0 radical (unpaired) electrons. The minimum absolute atomic E-state index is 0.437. The van der Waals surface area contributed by atoms with E-state index in [2.05, 4.69) is 39.6 Å². The average Bonchev–Trinajstić information content (AvgIpc) is 2.00. The van der Waals surface area contributed by atoms with Crippen LogP contribution in [0.2, 0.25) is 0 Å². The fraction of sp³-hybridized carbons (Fsp3) is 0.818. The highest BCUT2D eigenvalue weighted by atomic mass is 14.9. The lowest BCUT2D eigenvalue weighted by molar-refractivity contribution is 0.437. The Balaban J connectivity index is 3.45. The third-order valence-corrected chi connectivity index (χ3v) is 2.08. The second-order valence-corrected chi connectivity index (χ2v) is 4.06. The van der Waals surface area contributed by atoms with Crippen LogP contribution in [0.5, 0.6) is 0 Å². The van der Waals surface area contributed by atoms with E-state index in [1.165, 1.54) is 12.8 Å². The topological polar surface area (TPSA) is 12.0 Å². The van der Waals surface area contributed by atoms with Crippen molar-refractivity contribution in [3.63, 3.8) is 0 Å². The predicted octanol–water partition coefficient (Wildman–Crippen LogP) is 2.98. The second kappa shape index (κ2) is 6.24. The Morgan fingerprint density at radius 2 is 1.75 bits per heavy atom. The summed E-state index contributed by atoms with van der Waals surface area (Å²) < 4.78 is 0. The molecule has 0 saturated carbocycles. The Labute approximate surface area is 77.2 Å². The summed E-state index contributed by atoms with van der Waals surface area (Å²) in [7, 11) is 0. The summed E-state index contributed by atoms with van der Waals surface area (Å²) in [6.45, 7) is 12.7. The standard InChI is InChI=1S/C11H23N/c1-6-10(4)12-11(5)8-7-9(2)3/h6,9-12H,1,7-8H2,2-5H3. The lowest BCUT2D eigenvalue weighted by Gasteiger charge is -2.17. The number of hydrogen-bond acceptors (Lipinski definition) is 1. The Morgan fingerprint density at radius 1 is 1.17 bits per heavy atom. The zero-order chi connectivity index (χ0) is 9.56. The maximum atomic E-state index is 3.75. The monoisotopic (exact) mass is 169 g/mol. The van der Waals surface area contributed by atoms with Gasteiger partial charge in [-0.15, -0.1) is 6.58 Å². The van der Waals surface area contributed by atoms with Gasteiger partial charge in [0.2, 0.25) is 0 Å². The Kier molecular flexibility index (Phi) is 6.09. The van der Waals surface area contributed by atoms with Crippen LogP contribution >= 0.6 is 0 Å². The van der Waals surface area contributed by atoms with Gasteiger partial charge in [-0.1, -0.05) is 19.9 Å². The van der Waals surface area contributed by atoms with Crippen molar-refractivity contribution in [1.82, 2.24) is 5.32 Å². The smallest absolute Gasteiger partial charge is 0.0221 e. The molecule has 0 aromatic carbocycles. The molecule has 0 rings (SSSR count). The Bertz CT molecular complexity index is 118. The van der Waals surface area contributed by atoms with Crippen molar-refractivity contribution in [2.24, 2.45) is 5.92 Å². The van der Waals surface area contributed by atoms with Crippen molar-refractivity contribution in [2.45, 2.75) is 52.6 Å². The van der Waals surface area contributed by atoms with Gasteiger partial charge in [-0.05, 0) is 32.6 Å². The molecule has 72 valence electrons. The first-order chi connectivity index (χ1) is 5.56. The van der Waals surface area contributed by atoms with Gasteiger partial charge in [-0.25, -0.2) is 0 Å². The van der Waals surface area contributed by atoms with E-state index >= 15 is 0 Å². The van der Waals surface area contributed by atoms with E-state index in [0.717, 1.165) is 5.92 Å². The summed E-state index contributed by atoms with van der Waals surface area (Å²) in [6.07, 6.45) is 4.51. The van der Waals surface area contributed by atoms with E-state index in [1.807, 2.05) is 6.08 Å². The number of nitrogens with one attached hydrogen (secondary N) is 1. The molecule has 0 heterocycles. The summed E-state index contributed by atoms with van der Waals surface area (Å²) in [6, 6.07) is 1.05. The molecule has 0 aliphatic rings. The molecule has 0 aliphatic carbocycles. The quantitative estimate of drug-likeness (QED) is 0.603. The highest BCUT2D eigenvalue weighted by Crippen LogP contribution is 2.06. The van der Waals surface area contributed by atoms with Crippen LogP contribution in [0.15, 0.2) is 12.7 Å². The molecule has 2 atom stereocenters. The molecule has 0 saturated heterocycles.